The molecule has 1 aliphatic heterocycles. The van der Waals surface area contributed by atoms with Gasteiger partial charge in [0.25, 0.3) is 0 Å². The third-order valence-corrected chi connectivity index (χ3v) is 3.23. The normalized spacial score (nSPS) is 24.7. The van der Waals surface area contributed by atoms with E-state index in [4.69, 9.17) is 5.26 Å². The van der Waals surface area contributed by atoms with Crippen LogP contribution in [0.2, 0.25) is 0 Å². The molecule has 1 fully saturated rings. The fourth-order valence-corrected chi connectivity index (χ4v) is 2.17. The van der Waals surface area contributed by atoms with Gasteiger partial charge in [0.2, 0.25) is 0 Å². The molecule has 1 atom stereocenters. The highest BCUT2D eigenvalue weighted by atomic mass is 15.2. The van der Waals surface area contributed by atoms with E-state index >= 15 is 0 Å². The number of likely N-dealkylation sites (N-methyl/N-ethyl adjacent to an activating group) is 1. The van der Waals surface area contributed by atoms with Gasteiger partial charge in [0.1, 0.15) is 0 Å². The third-order valence-electron chi connectivity index (χ3n) is 3.23. The second-order valence-corrected chi connectivity index (χ2v) is 4.50. The molecule has 0 amide bonds. The van der Waals surface area contributed by atoms with Crippen LogP contribution in [-0.2, 0) is 0 Å². The molecule has 1 rings (SSSR count). The van der Waals surface area contributed by atoms with E-state index in [2.05, 4.69) is 29.8 Å². The van der Waals surface area contributed by atoms with Crippen LogP contribution in [0.4, 0.5) is 0 Å². The zero-order valence-electron chi connectivity index (χ0n) is 10.1. The van der Waals surface area contributed by atoms with Crippen molar-refractivity contribution in [1.82, 2.24) is 9.80 Å². The predicted molar refractivity (Wildman–Crippen MR) is 62.6 cm³/mol. The van der Waals surface area contributed by atoms with E-state index in [0.717, 1.165) is 13.1 Å². The molecule has 1 aliphatic rings. The largest absolute Gasteiger partial charge is 0.302 e. The van der Waals surface area contributed by atoms with Crippen molar-refractivity contribution in [2.75, 3.05) is 33.2 Å². The molecule has 0 radical (unpaired) electrons. The minimum atomic E-state index is 0.439. The predicted octanol–water partition coefficient (Wildman–Crippen LogP) is 1.71. The molecule has 0 spiro atoms. The van der Waals surface area contributed by atoms with Crippen LogP contribution < -0.4 is 0 Å². The van der Waals surface area contributed by atoms with Crippen molar-refractivity contribution in [3.8, 4) is 6.07 Å². The van der Waals surface area contributed by atoms with Crippen LogP contribution in [0.15, 0.2) is 0 Å². The molecule has 0 N–H and O–H groups in total. The highest BCUT2D eigenvalue weighted by molar-refractivity contribution is 4.86. The molecule has 1 saturated heterocycles. The summed E-state index contributed by atoms with van der Waals surface area (Å²) in [6.07, 6.45) is 4.44. The number of unbranched alkanes of at least 4 members (excludes halogenated alkanes) is 1. The van der Waals surface area contributed by atoms with Gasteiger partial charge < -0.3 is 9.80 Å². The van der Waals surface area contributed by atoms with Gasteiger partial charge in [-0.15, -0.1) is 0 Å². The first-order valence-electron chi connectivity index (χ1n) is 6.07. The van der Waals surface area contributed by atoms with E-state index in [-0.39, 0.29) is 0 Å². The topological polar surface area (TPSA) is 30.3 Å². The van der Waals surface area contributed by atoms with E-state index in [1.165, 1.54) is 32.4 Å². The first kappa shape index (κ1) is 12.5. The lowest BCUT2D eigenvalue weighted by molar-refractivity contribution is 0.208. The molecular weight excluding hydrogens is 186 g/mol. The first-order chi connectivity index (χ1) is 7.27. The Kier molecular flexibility index (Phi) is 5.67. The van der Waals surface area contributed by atoms with Gasteiger partial charge in [-0.3, -0.25) is 0 Å². The maximum Gasteiger partial charge on any atom is 0.0638 e. The van der Waals surface area contributed by atoms with Crippen molar-refractivity contribution in [2.24, 2.45) is 0 Å². The lowest BCUT2D eigenvalue weighted by Gasteiger charge is -2.27. The van der Waals surface area contributed by atoms with Crippen molar-refractivity contribution >= 4 is 0 Å². The van der Waals surface area contributed by atoms with Gasteiger partial charge in [-0.25, -0.2) is 0 Å². The number of nitriles is 1. The average molecular weight is 209 g/mol. The Balaban J connectivity index is 2.44. The first-order valence-corrected chi connectivity index (χ1v) is 6.07. The summed E-state index contributed by atoms with van der Waals surface area (Å²) in [5, 5.41) is 8.80. The van der Waals surface area contributed by atoms with Gasteiger partial charge >= 0.3 is 0 Å². The second kappa shape index (κ2) is 6.81. The van der Waals surface area contributed by atoms with Gasteiger partial charge in [0.15, 0.2) is 0 Å². The highest BCUT2D eigenvalue weighted by Crippen LogP contribution is 2.11. The van der Waals surface area contributed by atoms with Crippen LogP contribution >= 0.6 is 0 Å². The lowest BCUT2D eigenvalue weighted by atomic mass is 10.2. The summed E-state index contributed by atoms with van der Waals surface area (Å²) < 4.78 is 0. The van der Waals surface area contributed by atoms with Crippen LogP contribution in [-0.4, -0.2) is 49.1 Å². The van der Waals surface area contributed by atoms with Crippen LogP contribution in [0, 0.1) is 11.3 Å². The fourth-order valence-electron chi connectivity index (χ4n) is 2.17. The van der Waals surface area contributed by atoms with Gasteiger partial charge in [-0.2, -0.15) is 5.26 Å². The molecule has 1 unspecified atom stereocenters. The highest BCUT2D eigenvalue weighted by Gasteiger charge is 2.21. The van der Waals surface area contributed by atoms with Gasteiger partial charge in [0, 0.05) is 12.6 Å². The lowest BCUT2D eigenvalue weighted by Crippen LogP contribution is -2.38. The van der Waals surface area contributed by atoms with Gasteiger partial charge in [-0.1, -0.05) is 13.3 Å². The molecule has 86 valence electrons. The smallest absolute Gasteiger partial charge is 0.0638 e. The Morgan fingerprint density at radius 2 is 2.20 bits per heavy atom. The standard InChI is InChI=1S/C12H23N3/c1-3-4-9-15-10-5-8-14(2)12(11-15)6-7-13/h12H,3-6,8-11H2,1-2H3. The molecule has 0 aromatic heterocycles. The van der Waals surface area contributed by atoms with E-state index < -0.39 is 0 Å². The molecule has 0 aromatic carbocycles. The Morgan fingerprint density at radius 1 is 1.40 bits per heavy atom. The van der Waals surface area contributed by atoms with Crippen molar-refractivity contribution in [2.45, 2.75) is 38.6 Å². The molecule has 3 nitrogen and oxygen atoms in total. The molecule has 0 aromatic rings. The summed E-state index contributed by atoms with van der Waals surface area (Å²) in [4.78, 5) is 4.87. The van der Waals surface area contributed by atoms with Crippen molar-refractivity contribution in [3.63, 3.8) is 0 Å². The van der Waals surface area contributed by atoms with E-state index in [1.807, 2.05) is 0 Å². The Morgan fingerprint density at radius 3 is 2.87 bits per heavy atom. The van der Waals surface area contributed by atoms with E-state index in [9.17, 15) is 0 Å². The van der Waals surface area contributed by atoms with E-state index in [0.29, 0.717) is 12.5 Å². The van der Waals surface area contributed by atoms with Gasteiger partial charge in [0.05, 0.1) is 12.5 Å². The Bertz CT molecular complexity index is 207. The molecule has 15 heavy (non-hydrogen) atoms. The molecule has 1 heterocycles. The number of hydrogen-bond acceptors (Lipinski definition) is 3. The van der Waals surface area contributed by atoms with Crippen molar-refractivity contribution in [1.29, 1.82) is 5.26 Å². The second-order valence-electron chi connectivity index (χ2n) is 4.50. The summed E-state index contributed by atoms with van der Waals surface area (Å²) in [6, 6.07) is 2.74. The quantitative estimate of drug-likeness (QED) is 0.706. The molecule has 0 saturated carbocycles. The SMILES string of the molecule is CCCCN1CCCN(C)C(CC#N)C1. The fraction of sp³-hybridized carbons (Fsp3) is 0.917. The van der Waals surface area contributed by atoms with Crippen LogP contribution in [0.5, 0.6) is 0 Å². The van der Waals surface area contributed by atoms with Crippen LogP contribution in [0.1, 0.15) is 32.6 Å². The molecule has 0 aliphatic carbocycles. The molecule has 0 bridgehead atoms. The zero-order valence-corrected chi connectivity index (χ0v) is 10.1. The zero-order chi connectivity index (χ0) is 11.1. The van der Waals surface area contributed by atoms with Crippen molar-refractivity contribution < 1.29 is 0 Å². The minimum Gasteiger partial charge on any atom is -0.302 e. The third kappa shape index (κ3) is 4.19. The van der Waals surface area contributed by atoms with Gasteiger partial charge in [-0.05, 0) is 39.5 Å². The number of nitrogens with zero attached hydrogens (tertiary/aromatic N) is 3. The molecule has 3 heteroatoms. The summed E-state index contributed by atoms with van der Waals surface area (Å²) in [5.41, 5.74) is 0. The maximum absolute atomic E-state index is 8.80. The minimum absolute atomic E-state index is 0.439. The Labute approximate surface area is 93.7 Å². The summed E-state index contributed by atoms with van der Waals surface area (Å²) >= 11 is 0. The monoisotopic (exact) mass is 209 g/mol. The summed E-state index contributed by atoms with van der Waals surface area (Å²) in [7, 11) is 2.14. The Hall–Kier alpha value is -0.590. The van der Waals surface area contributed by atoms with Crippen molar-refractivity contribution in [3.05, 3.63) is 0 Å². The van der Waals surface area contributed by atoms with Crippen LogP contribution in [0.3, 0.4) is 0 Å². The maximum atomic E-state index is 8.80. The van der Waals surface area contributed by atoms with E-state index in [1.54, 1.807) is 0 Å². The number of hydrogen-bond donors (Lipinski definition) is 0. The summed E-state index contributed by atoms with van der Waals surface area (Å²) in [5.74, 6) is 0. The van der Waals surface area contributed by atoms with Crippen LogP contribution in [0.25, 0.3) is 0 Å². The summed E-state index contributed by atoms with van der Waals surface area (Å²) in [6.45, 7) is 6.84. The molecular formula is C12H23N3. The number of rotatable bonds is 4. The average Bonchev–Trinajstić information content (AvgIpc) is 2.40.